The number of amides is 2. The minimum absolute atomic E-state index is 0.0439. The highest BCUT2D eigenvalue weighted by molar-refractivity contribution is 8.26. The number of esters is 1. The van der Waals surface area contributed by atoms with E-state index in [1.807, 2.05) is 43.3 Å². The number of anilines is 1. The molecule has 33 heavy (non-hydrogen) atoms. The van der Waals surface area contributed by atoms with Crippen LogP contribution in [0.3, 0.4) is 0 Å². The SMILES string of the molecule is CCCOC(=O)CCN1C(=O)/C(=C2/C(=O)N(Cc3ccc(Cl)cc3)c3ccccc32)SC1=S. The van der Waals surface area contributed by atoms with Gasteiger partial charge < -0.3 is 9.64 Å². The molecule has 2 aromatic carbocycles. The number of halogens is 1. The van der Waals surface area contributed by atoms with Crippen molar-refractivity contribution in [2.45, 2.75) is 26.3 Å². The van der Waals surface area contributed by atoms with Crippen LogP contribution in [0.25, 0.3) is 5.57 Å². The lowest BCUT2D eigenvalue weighted by Crippen LogP contribution is -2.31. The summed E-state index contributed by atoms with van der Waals surface area (Å²) in [5.74, 6) is -0.997. The van der Waals surface area contributed by atoms with E-state index in [0.29, 0.717) is 33.6 Å². The molecule has 2 heterocycles. The number of rotatable bonds is 7. The van der Waals surface area contributed by atoms with Crippen molar-refractivity contribution in [1.29, 1.82) is 0 Å². The first kappa shape index (κ1) is 23.5. The maximum Gasteiger partial charge on any atom is 0.307 e. The van der Waals surface area contributed by atoms with Crippen LogP contribution in [0, 0.1) is 0 Å². The third-order valence-electron chi connectivity index (χ3n) is 5.26. The number of ether oxygens (including phenoxy) is 1. The number of hydrogen-bond donors (Lipinski definition) is 0. The number of para-hydroxylation sites is 1. The number of thiocarbonyl (C=S) groups is 1. The molecule has 1 fully saturated rings. The molecule has 2 aliphatic rings. The first-order chi connectivity index (χ1) is 15.9. The summed E-state index contributed by atoms with van der Waals surface area (Å²) >= 11 is 12.5. The van der Waals surface area contributed by atoms with Gasteiger partial charge in [-0.1, -0.05) is 72.8 Å². The van der Waals surface area contributed by atoms with E-state index in [1.165, 1.54) is 4.90 Å². The van der Waals surface area contributed by atoms with Gasteiger partial charge in [0.1, 0.15) is 4.32 Å². The highest BCUT2D eigenvalue weighted by Gasteiger charge is 2.42. The van der Waals surface area contributed by atoms with Crippen molar-refractivity contribution in [3.8, 4) is 0 Å². The third-order valence-corrected chi connectivity index (χ3v) is 6.96. The summed E-state index contributed by atoms with van der Waals surface area (Å²) in [6.45, 7) is 2.72. The summed E-state index contributed by atoms with van der Waals surface area (Å²) in [7, 11) is 0. The zero-order valence-corrected chi connectivity index (χ0v) is 20.3. The number of hydrogen-bond acceptors (Lipinski definition) is 6. The highest BCUT2D eigenvalue weighted by atomic mass is 35.5. The Morgan fingerprint density at radius 2 is 1.79 bits per heavy atom. The Labute approximate surface area is 206 Å². The largest absolute Gasteiger partial charge is 0.466 e. The van der Waals surface area contributed by atoms with Crippen LogP contribution < -0.4 is 4.90 Å². The van der Waals surface area contributed by atoms with Gasteiger partial charge in [0.2, 0.25) is 0 Å². The molecule has 0 bridgehead atoms. The maximum atomic E-state index is 13.5. The molecule has 6 nitrogen and oxygen atoms in total. The lowest BCUT2D eigenvalue weighted by Gasteiger charge is -2.17. The number of benzene rings is 2. The molecule has 2 aromatic rings. The first-order valence-corrected chi connectivity index (χ1v) is 12.1. The Kier molecular flexibility index (Phi) is 7.17. The summed E-state index contributed by atoms with van der Waals surface area (Å²) in [4.78, 5) is 41.9. The second-order valence-corrected chi connectivity index (χ2v) is 9.61. The van der Waals surface area contributed by atoms with E-state index in [0.717, 1.165) is 29.4 Å². The molecule has 0 aromatic heterocycles. The van der Waals surface area contributed by atoms with Gasteiger partial charge in [0.15, 0.2) is 0 Å². The summed E-state index contributed by atoms with van der Waals surface area (Å²) < 4.78 is 5.41. The Morgan fingerprint density at radius 3 is 2.52 bits per heavy atom. The molecular formula is C24H21ClN2O4S2. The minimum Gasteiger partial charge on any atom is -0.466 e. The molecule has 0 aliphatic carbocycles. The fourth-order valence-corrected chi connectivity index (χ4v) is 5.17. The molecule has 0 unspecified atom stereocenters. The molecule has 2 amide bonds. The number of fused-ring (bicyclic) bond motifs is 1. The van der Waals surface area contributed by atoms with Crippen molar-refractivity contribution in [3.63, 3.8) is 0 Å². The van der Waals surface area contributed by atoms with E-state index in [4.69, 9.17) is 28.6 Å². The van der Waals surface area contributed by atoms with Crippen molar-refractivity contribution in [3.05, 3.63) is 69.6 Å². The third kappa shape index (κ3) is 4.83. The molecule has 0 atom stereocenters. The van der Waals surface area contributed by atoms with Crippen LogP contribution in [0.4, 0.5) is 5.69 Å². The van der Waals surface area contributed by atoms with Crippen LogP contribution in [0.1, 0.15) is 30.9 Å². The Hall–Kier alpha value is -2.68. The summed E-state index contributed by atoms with van der Waals surface area (Å²) in [6, 6.07) is 14.7. The Bertz CT molecular complexity index is 1160. The van der Waals surface area contributed by atoms with Crippen LogP contribution in [-0.4, -0.2) is 40.2 Å². The number of carbonyl (C=O) groups excluding carboxylic acids is 3. The standard InChI is InChI=1S/C24H21ClN2O4S2/c1-2-13-31-19(28)11-12-26-23(30)21(33-24(26)32)20-17-5-3-4-6-18(17)27(22(20)29)14-15-7-9-16(25)10-8-15/h3-10H,2,11-14H2,1H3/b21-20-. The van der Waals surface area contributed by atoms with Crippen molar-refractivity contribution in [2.75, 3.05) is 18.1 Å². The molecule has 0 saturated carbocycles. The van der Waals surface area contributed by atoms with Crippen LogP contribution in [0.2, 0.25) is 5.02 Å². The molecule has 0 N–H and O–H groups in total. The predicted octanol–water partition coefficient (Wildman–Crippen LogP) is 4.80. The first-order valence-electron chi connectivity index (χ1n) is 10.5. The average molecular weight is 501 g/mol. The molecule has 4 rings (SSSR count). The van der Waals surface area contributed by atoms with Crippen LogP contribution in [0.5, 0.6) is 0 Å². The van der Waals surface area contributed by atoms with Gasteiger partial charge in [-0.2, -0.15) is 0 Å². The van der Waals surface area contributed by atoms with Crippen molar-refractivity contribution in [2.24, 2.45) is 0 Å². The summed E-state index contributed by atoms with van der Waals surface area (Å²) in [5, 5.41) is 0.620. The highest BCUT2D eigenvalue weighted by Crippen LogP contribution is 2.45. The summed E-state index contributed by atoms with van der Waals surface area (Å²) in [5.41, 5.74) is 2.69. The maximum absolute atomic E-state index is 13.5. The van der Waals surface area contributed by atoms with Gasteiger partial charge in [0, 0.05) is 17.1 Å². The minimum atomic E-state index is -0.380. The second-order valence-electron chi connectivity index (χ2n) is 7.53. The van der Waals surface area contributed by atoms with E-state index in [-0.39, 0.29) is 35.7 Å². The topological polar surface area (TPSA) is 66.9 Å². The number of thioether (sulfide) groups is 1. The Morgan fingerprint density at radius 1 is 1.06 bits per heavy atom. The molecule has 1 saturated heterocycles. The molecule has 0 radical (unpaired) electrons. The van der Waals surface area contributed by atoms with E-state index in [2.05, 4.69) is 0 Å². The quantitative estimate of drug-likeness (QED) is 0.309. The molecular weight excluding hydrogens is 480 g/mol. The molecule has 9 heteroatoms. The van der Waals surface area contributed by atoms with Gasteiger partial charge in [0.25, 0.3) is 11.8 Å². The van der Waals surface area contributed by atoms with Crippen molar-refractivity contribution < 1.29 is 19.1 Å². The van der Waals surface area contributed by atoms with Gasteiger partial charge in [-0.25, -0.2) is 0 Å². The zero-order valence-electron chi connectivity index (χ0n) is 17.9. The van der Waals surface area contributed by atoms with Crippen LogP contribution in [0.15, 0.2) is 53.4 Å². The Balaban J connectivity index is 1.61. The lowest BCUT2D eigenvalue weighted by molar-refractivity contribution is -0.144. The fraction of sp³-hybridized carbons (Fsp3) is 0.250. The monoisotopic (exact) mass is 500 g/mol. The zero-order chi connectivity index (χ0) is 23.5. The van der Waals surface area contributed by atoms with Gasteiger partial charge in [-0.3, -0.25) is 19.3 Å². The lowest BCUT2D eigenvalue weighted by atomic mass is 10.1. The number of nitrogens with zero attached hydrogens (tertiary/aromatic N) is 2. The molecule has 170 valence electrons. The van der Waals surface area contributed by atoms with Gasteiger partial charge >= 0.3 is 5.97 Å². The summed E-state index contributed by atoms with van der Waals surface area (Å²) in [6.07, 6.45) is 0.773. The normalized spacial score (nSPS) is 17.7. The average Bonchev–Trinajstić information content (AvgIpc) is 3.24. The van der Waals surface area contributed by atoms with E-state index >= 15 is 0 Å². The van der Waals surface area contributed by atoms with Gasteiger partial charge in [-0.15, -0.1) is 0 Å². The van der Waals surface area contributed by atoms with E-state index in [9.17, 15) is 14.4 Å². The molecule has 0 spiro atoms. The second kappa shape index (κ2) is 10.1. The van der Waals surface area contributed by atoms with Gasteiger partial charge in [-0.05, 0) is 30.2 Å². The smallest absolute Gasteiger partial charge is 0.307 e. The predicted molar refractivity (Wildman–Crippen MR) is 134 cm³/mol. The fourth-order valence-electron chi connectivity index (χ4n) is 3.66. The molecule has 2 aliphatic heterocycles. The van der Waals surface area contributed by atoms with E-state index < -0.39 is 0 Å². The van der Waals surface area contributed by atoms with Crippen molar-refractivity contribution in [1.82, 2.24) is 4.90 Å². The van der Waals surface area contributed by atoms with Crippen LogP contribution >= 0.6 is 35.6 Å². The number of carbonyl (C=O) groups is 3. The van der Waals surface area contributed by atoms with E-state index in [1.54, 1.807) is 17.0 Å². The van der Waals surface area contributed by atoms with Crippen LogP contribution in [-0.2, 0) is 25.7 Å². The van der Waals surface area contributed by atoms with Crippen molar-refractivity contribution >= 4 is 68.9 Å². The van der Waals surface area contributed by atoms with Gasteiger partial charge in [0.05, 0.1) is 35.7 Å².